The van der Waals surface area contributed by atoms with E-state index in [2.05, 4.69) is 5.32 Å². The molecule has 2 aromatic heterocycles. The lowest BCUT2D eigenvalue weighted by Gasteiger charge is -2.44. The van der Waals surface area contributed by atoms with Crippen LogP contribution in [0, 0.1) is 0 Å². The molecule has 3 heterocycles. The van der Waals surface area contributed by atoms with Crippen molar-refractivity contribution in [1.82, 2.24) is 9.88 Å². The summed E-state index contributed by atoms with van der Waals surface area (Å²) in [6, 6.07) is 10.8. The number of benzene rings is 1. The van der Waals surface area contributed by atoms with Crippen molar-refractivity contribution < 1.29 is 14.0 Å². The molecule has 2 aliphatic rings. The summed E-state index contributed by atoms with van der Waals surface area (Å²) in [4.78, 5) is 29.0. The van der Waals surface area contributed by atoms with E-state index in [-0.39, 0.29) is 17.9 Å². The van der Waals surface area contributed by atoms with Crippen LogP contribution in [0.2, 0.25) is 5.02 Å². The van der Waals surface area contributed by atoms with E-state index in [1.165, 1.54) is 12.8 Å². The molecule has 1 atom stereocenters. The van der Waals surface area contributed by atoms with Crippen molar-refractivity contribution in [2.24, 2.45) is 0 Å². The van der Waals surface area contributed by atoms with Gasteiger partial charge in [0.15, 0.2) is 5.58 Å². The number of fused-ring (bicyclic) bond motifs is 3. The van der Waals surface area contributed by atoms with E-state index >= 15 is 0 Å². The third-order valence-corrected chi connectivity index (χ3v) is 6.89. The number of carbonyl (C=O) groups is 2. The minimum atomic E-state index is -1.11. The Morgan fingerprint density at radius 3 is 2.68 bits per heavy atom. The Labute approximate surface area is 186 Å². The average molecular weight is 440 g/mol. The van der Waals surface area contributed by atoms with Gasteiger partial charge in [0.2, 0.25) is 5.91 Å². The highest BCUT2D eigenvalue weighted by molar-refractivity contribution is 6.31. The molecule has 1 fully saturated rings. The molecule has 5 rings (SSSR count). The fraction of sp³-hybridized carbons (Fsp3) is 0.417. The average Bonchev–Trinajstić information content (AvgIpc) is 3.23. The fourth-order valence-electron chi connectivity index (χ4n) is 5.00. The van der Waals surface area contributed by atoms with Gasteiger partial charge in [-0.2, -0.15) is 0 Å². The van der Waals surface area contributed by atoms with Gasteiger partial charge in [-0.25, -0.2) is 0 Å². The zero-order chi connectivity index (χ0) is 21.6. The molecule has 2 amide bonds. The predicted molar refractivity (Wildman–Crippen MR) is 121 cm³/mol. The van der Waals surface area contributed by atoms with E-state index in [9.17, 15) is 9.59 Å². The van der Waals surface area contributed by atoms with Crippen molar-refractivity contribution in [2.75, 3.05) is 4.90 Å². The number of carbonyl (C=O) groups excluding carboxylic acids is 2. The third-order valence-electron chi connectivity index (χ3n) is 6.65. The standard InChI is InChI=1S/C24H26ClN3O3/c1-24(23(30)26-17-8-4-2-3-5-9-17)15-27-19-11-12-31-21(19)14-20(27)22(29)28(24)18-10-6-7-16(25)13-18/h6-7,10-14,17H,2-5,8-9,15H2,1H3,(H,26,30)/t24-/m0/s1. The molecule has 1 N–H and O–H groups in total. The first-order chi connectivity index (χ1) is 15.0. The maximum absolute atomic E-state index is 13.7. The molecule has 0 unspecified atom stereocenters. The molecule has 1 aliphatic carbocycles. The van der Waals surface area contributed by atoms with Gasteiger partial charge in [-0.1, -0.05) is 43.4 Å². The Kier molecular flexibility index (Phi) is 5.05. The normalized spacial score (nSPS) is 22.4. The number of nitrogens with one attached hydrogen (secondary N) is 1. The highest BCUT2D eigenvalue weighted by Crippen LogP contribution is 2.37. The van der Waals surface area contributed by atoms with Crippen LogP contribution in [0.5, 0.6) is 0 Å². The number of nitrogens with zero attached hydrogens (tertiary/aromatic N) is 2. The highest BCUT2D eigenvalue weighted by Gasteiger charge is 2.49. The SMILES string of the molecule is C[C@@]1(C(=O)NC2CCCCCC2)Cn2c(cc3occc32)C(=O)N1c1cccc(Cl)c1. The second kappa shape index (κ2) is 7.75. The van der Waals surface area contributed by atoms with Gasteiger partial charge in [-0.15, -0.1) is 0 Å². The van der Waals surface area contributed by atoms with Crippen LogP contribution >= 0.6 is 11.6 Å². The maximum atomic E-state index is 13.7. The summed E-state index contributed by atoms with van der Waals surface area (Å²) in [6.45, 7) is 2.18. The number of amides is 2. The summed E-state index contributed by atoms with van der Waals surface area (Å²) in [5.41, 5.74) is 1.48. The van der Waals surface area contributed by atoms with Gasteiger partial charge in [0.05, 0.1) is 18.3 Å². The van der Waals surface area contributed by atoms with Crippen LogP contribution in [0.25, 0.3) is 11.1 Å². The monoisotopic (exact) mass is 439 g/mol. The van der Waals surface area contributed by atoms with Gasteiger partial charge in [-0.3, -0.25) is 14.5 Å². The first-order valence-corrected chi connectivity index (χ1v) is 11.3. The Bertz CT molecular complexity index is 1140. The molecular formula is C24H26ClN3O3. The van der Waals surface area contributed by atoms with E-state index in [0.29, 0.717) is 28.5 Å². The van der Waals surface area contributed by atoms with Crippen LogP contribution in [0.4, 0.5) is 5.69 Å². The van der Waals surface area contributed by atoms with Crippen LogP contribution in [-0.2, 0) is 11.3 Å². The van der Waals surface area contributed by atoms with Crippen molar-refractivity contribution in [3.8, 4) is 0 Å². The van der Waals surface area contributed by atoms with Crippen LogP contribution in [0.15, 0.2) is 47.1 Å². The van der Waals surface area contributed by atoms with Crippen molar-refractivity contribution in [2.45, 2.75) is 63.6 Å². The summed E-state index contributed by atoms with van der Waals surface area (Å²) in [7, 11) is 0. The smallest absolute Gasteiger partial charge is 0.276 e. The van der Waals surface area contributed by atoms with E-state index in [4.69, 9.17) is 16.0 Å². The third kappa shape index (κ3) is 3.43. The van der Waals surface area contributed by atoms with Crippen LogP contribution < -0.4 is 10.2 Å². The Hall–Kier alpha value is -2.73. The van der Waals surface area contributed by atoms with Gasteiger partial charge < -0.3 is 14.3 Å². The van der Waals surface area contributed by atoms with Crippen molar-refractivity contribution >= 4 is 40.2 Å². The molecule has 0 spiro atoms. The second-order valence-corrected chi connectivity index (χ2v) is 9.28. The number of anilines is 1. The molecule has 0 bridgehead atoms. The van der Waals surface area contributed by atoms with Gasteiger partial charge in [-0.05, 0) is 38.0 Å². The summed E-state index contributed by atoms with van der Waals surface area (Å²) in [5.74, 6) is -0.373. The summed E-state index contributed by atoms with van der Waals surface area (Å²) < 4.78 is 7.43. The fourth-order valence-corrected chi connectivity index (χ4v) is 5.18. The van der Waals surface area contributed by atoms with Crippen LogP contribution in [0.1, 0.15) is 55.9 Å². The molecule has 1 aromatic carbocycles. The Morgan fingerprint density at radius 1 is 1.16 bits per heavy atom. The lowest BCUT2D eigenvalue weighted by molar-refractivity contribution is -0.127. The number of halogens is 1. The van der Waals surface area contributed by atoms with E-state index in [1.807, 2.05) is 23.6 Å². The summed E-state index contributed by atoms with van der Waals surface area (Å²) in [5, 5.41) is 3.79. The molecule has 0 radical (unpaired) electrons. The van der Waals surface area contributed by atoms with Gasteiger partial charge in [0.1, 0.15) is 11.2 Å². The predicted octanol–water partition coefficient (Wildman–Crippen LogP) is 5.15. The molecule has 6 nitrogen and oxygen atoms in total. The highest BCUT2D eigenvalue weighted by atomic mass is 35.5. The largest absolute Gasteiger partial charge is 0.463 e. The molecule has 1 aliphatic heterocycles. The summed E-state index contributed by atoms with van der Waals surface area (Å²) >= 11 is 6.25. The first kappa shape index (κ1) is 20.2. The van der Waals surface area contributed by atoms with Gasteiger partial charge in [0, 0.05) is 28.9 Å². The zero-order valence-corrected chi connectivity index (χ0v) is 18.3. The number of rotatable bonds is 3. The first-order valence-electron chi connectivity index (χ1n) is 11.0. The Morgan fingerprint density at radius 2 is 1.94 bits per heavy atom. The minimum absolute atomic E-state index is 0.135. The number of aromatic nitrogens is 1. The Balaban J connectivity index is 1.58. The van der Waals surface area contributed by atoms with Crippen LogP contribution in [-0.4, -0.2) is 28.0 Å². The summed E-state index contributed by atoms with van der Waals surface area (Å²) in [6.07, 6.45) is 8.23. The number of hydrogen-bond acceptors (Lipinski definition) is 3. The molecule has 7 heteroatoms. The van der Waals surface area contributed by atoms with Crippen molar-refractivity contribution in [3.63, 3.8) is 0 Å². The quantitative estimate of drug-likeness (QED) is 0.574. The molecular weight excluding hydrogens is 414 g/mol. The molecule has 31 heavy (non-hydrogen) atoms. The van der Waals surface area contributed by atoms with E-state index < -0.39 is 5.54 Å². The molecule has 1 saturated carbocycles. The topological polar surface area (TPSA) is 67.5 Å². The van der Waals surface area contributed by atoms with Crippen molar-refractivity contribution in [3.05, 3.63) is 53.4 Å². The zero-order valence-electron chi connectivity index (χ0n) is 17.6. The lowest BCUT2D eigenvalue weighted by atomic mass is 9.92. The van der Waals surface area contributed by atoms with Crippen molar-refractivity contribution in [1.29, 1.82) is 0 Å². The molecule has 3 aromatic rings. The maximum Gasteiger partial charge on any atom is 0.276 e. The molecule has 162 valence electrons. The number of furan rings is 1. The van der Waals surface area contributed by atoms with E-state index in [0.717, 1.165) is 31.2 Å². The van der Waals surface area contributed by atoms with Gasteiger partial charge in [0.25, 0.3) is 5.91 Å². The minimum Gasteiger partial charge on any atom is -0.463 e. The molecule has 0 saturated heterocycles. The number of hydrogen-bond donors (Lipinski definition) is 1. The van der Waals surface area contributed by atoms with E-state index in [1.54, 1.807) is 35.4 Å². The van der Waals surface area contributed by atoms with Gasteiger partial charge >= 0.3 is 0 Å². The lowest BCUT2D eigenvalue weighted by Crippen LogP contribution is -2.65. The second-order valence-electron chi connectivity index (χ2n) is 8.84. The van der Waals surface area contributed by atoms with Crippen LogP contribution in [0.3, 0.4) is 0 Å².